The van der Waals surface area contributed by atoms with Crippen LogP contribution in [-0.2, 0) is 0 Å². The molecule has 1 heterocycles. The molecule has 1 N–H and O–H groups in total. The molecule has 0 fully saturated rings. The minimum Gasteiger partial charge on any atom is -0.320 e. The highest BCUT2D eigenvalue weighted by Crippen LogP contribution is 2.27. The number of amides is 1. The molecular formula is C15H10ClNOS. The standard InChI is InChI=1S/C15H10ClNOS/c16-11-6-2-3-7-12(11)17-15(18)14-9-10-5-1-4-8-13(10)19-14/h1-9H,(H,17,18). The molecule has 19 heavy (non-hydrogen) atoms. The lowest BCUT2D eigenvalue weighted by Gasteiger charge is -2.04. The first-order chi connectivity index (χ1) is 9.24. The fourth-order valence-electron chi connectivity index (χ4n) is 1.84. The molecule has 0 aliphatic carbocycles. The highest BCUT2D eigenvalue weighted by atomic mass is 35.5. The van der Waals surface area contributed by atoms with Crippen LogP contribution in [0.1, 0.15) is 9.67 Å². The maximum absolute atomic E-state index is 12.2. The van der Waals surface area contributed by atoms with Gasteiger partial charge in [0.1, 0.15) is 0 Å². The molecule has 0 aliphatic rings. The topological polar surface area (TPSA) is 29.1 Å². The number of para-hydroxylation sites is 1. The van der Waals surface area contributed by atoms with E-state index in [9.17, 15) is 4.79 Å². The van der Waals surface area contributed by atoms with Gasteiger partial charge in [-0.25, -0.2) is 0 Å². The first-order valence-corrected chi connectivity index (χ1v) is 6.98. The summed E-state index contributed by atoms with van der Waals surface area (Å²) in [5.41, 5.74) is 0.631. The summed E-state index contributed by atoms with van der Waals surface area (Å²) < 4.78 is 1.10. The molecule has 3 rings (SSSR count). The summed E-state index contributed by atoms with van der Waals surface area (Å²) in [5.74, 6) is -0.130. The fourth-order valence-corrected chi connectivity index (χ4v) is 2.98. The average Bonchev–Trinajstić information content (AvgIpc) is 2.85. The Bertz CT molecular complexity index is 717. The van der Waals surface area contributed by atoms with Gasteiger partial charge in [0, 0.05) is 4.70 Å². The van der Waals surface area contributed by atoms with Crippen LogP contribution < -0.4 is 5.32 Å². The van der Waals surface area contributed by atoms with Crippen LogP contribution in [-0.4, -0.2) is 5.91 Å². The molecule has 3 aromatic rings. The fraction of sp³-hybridized carbons (Fsp3) is 0. The molecule has 0 spiro atoms. The summed E-state index contributed by atoms with van der Waals surface area (Å²) in [5, 5.41) is 4.45. The number of nitrogens with one attached hydrogen (secondary N) is 1. The Kier molecular flexibility index (Phi) is 3.23. The lowest BCUT2D eigenvalue weighted by Crippen LogP contribution is -2.10. The predicted molar refractivity (Wildman–Crippen MR) is 81.2 cm³/mol. The van der Waals surface area contributed by atoms with E-state index in [1.54, 1.807) is 12.1 Å². The predicted octanol–water partition coefficient (Wildman–Crippen LogP) is 4.81. The van der Waals surface area contributed by atoms with E-state index in [1.807, 2.05) is 42.5 Å². The van der Waals surface area contributed by atoms with Crippen molar-refractivity contribution in [2.24, 2.45) is 0 Å². The Morgan fingerprint density at radius 2 is 1.79 bits per heavy atom. The molecule has 0 aliphatic heterocycles. The zero-order valence-electron chi connectivity index (χ0n) is 9.89. The van der Waals surface area contributed by atoms with Gasteiger partial charge < -0.3 is 5.32 Å². The van der Waals surface area contributed by atoms with Gasteiger partial charge in [-0.2, -0.15) is 0 Å². The van der Waals surface area contributed by atoms with E-state index in [4.69, 9.17) is 11.6 Å². The quantitative estimate of drug-likeness (QED) is 0.720. The van der Waals surface area contributed by atoms with Crippen molar-refractivity contribution in [2.45, 2.75) is 0 Å². The largest absolute Gasteiger partial charge is 0.320 e. The van der Waals surface area contributed by atoms with Crippen molar-refractivity contribution >= 4 is 44.6 Å². The zero-order chi connectivity index (χ0) is 13.2. The smallest absolute Gasteiger partial charge is 0.265 e. The molecule has 94 valence electrons. The molecular weight excluding hydrogens is 278 g/mol. The van der Waals surface area contributed by atoms with Gasteiger partial charge in [-0.05, 0) is 29.7 Å². The van der Waals surface area contributed by atoms with Crippen LogP contribution in [0.15, 0.2) is 54.6 Å². The normalized spacial score (nSPS) is 10.6. The summed E-state index contributed by atoms with van der Waals surface area (Å²) in [7, 11) is 0. The second kappa shape index (κ2) is 5.03. The number of anilines is 1. The number of hydrogen-bond donors (Lipinski definition) is 1. The minimum atomic E-state index is -0.130. The molecule has 2 nitrogen and oxygen atoms in total. The second-order valence-corrected chi connectivity index (χ2v) is 5.57. The Hall–Kier alpha value is -1.84. The van der Waals surface area contributed by atoms with E-state index in [0.717, 1.165) is 10.1 Å². The summed E-state index contributed by atoms with van der Waals surface area (Å²) in [6.45, 7) is 0. The molecule has 0 atom stereocenters. The van der Waals surface area contributed by atoms with Gasteiger partial charge in [-0.1, -0.05) is 41.9 Å². The van der Waals surface area contributed by atoms with Gasteiger partial charge in [-0.15, -0.1) is 11.3 Å². The minimum absolute atomic E-state index is 0.130. The first kappa shape index (κ1) is 12.2. The van der Waals surface area contributed by atoms with Gasteiger partial charge in [-0.3, -0.25) is 4.79 Å². The first-order valence-electron chi connectivity index (χ1n) is 5.78. The molecule has 0 bridgehead atoms. The Morgan fingerprint density at radius 3 is 2.58 bits per heavy atom. The van der Waals surface area contributed by atoms with Gasteiger partial charge >= 0.3 is 0 Å². The Morgan fingerprint density at radius 1 is 1.05 bits per heavy atom. The number of halogens is 1. The molecule has 0 saturated heterocycles. The highest BCUT2D eigenvalue weighted by molar-refractivity contribution is 7.20. The van der Waals surface area contributed by atoms with Gasteiger partial charge in [0.2, 0.25) is 0 Å². The van der Waals surface area contributed by atoms with E-state index in [1.165, 1.54) is 11.3 Å². The third-order valence-electron chi connectivity index (χ3n) is 2.77. The molecule has 0 saturated carbocycles. The number of benzene rings is 2. The van der Waals surface area contributed by atoms with E-state index in [0.29, 0.717) is 15.6 Å². The number of carbonyl (C=O) groups excluding carboxylic acids is 1. The van der Waals surface area contributed by atoms with Crippen LogP contribution in [0.4, 0.5) is 5.69 Å². The Balaban J connectivity index is 1.90. The average molecular weight is 288 g/mol. The second-order valence-electron chi connectivity index (χ2n) is 4.08. The number of thiophene rings is 1. The molecule has 0 unspecified atom stereocenters. The highest BCUT2D eigenvalue weighted by Gasteiger charge is 2.11. The lowest BCUT2D eigenvalue weighted by atomic mass is 10.2. The number of hydrogen-bond acceptors (Lipinski definition) is 2. The van der Waals surface area contributed by atoms with E-state index in [-0.39, 0.29) is 5.91 Å². The van der Waals surface area contributed by atoms with Crippen molar-refractivity contribution in [1.29, 1.82) is 0 Å². The van der Waals surface area contributed by atoms with Crippen molar-refractivity contribution in [3.05, 3.63) is 64.5 Å². The van der Waals surface area contributed by atoms with Crippen molar-refractivity contribution in [1.82, 2.24) is 0 Å². The van der Waals surface area contributed by atoms with E-state index < -0.39 is 0 Å². The number of fused-ring (bicyclic) bond motifs is 1. The molecule has 2 aromatic carbocycles. The van der Waals surface area contributed by atoms with Gasteiger partial charge in [0.15, 0.2) is 0 Å². The van der Waals surface area contributed by atoms with Crippen LogP contribution in [0.2, 0.25) is 5.02 Å². The van der Waals surface area contributed by atoms with Crippen molar-refractivity contribution in [3.8, 4) is 0 Å². The summed E-state index contributed by atoms with van der Waals surface area (Å²) in [4.78, 5) is 12.9. The zero-order valence-corrected chi connectivity index (χ0v) is 11.5. The number of rotatable bonds is 2. The molecule has 1 amide bonds. The maximum atomic E-state index is 12.2. The van der Waals surface area contributed by atoms with E-state index >= 15 is 0 Å². The Labute approximate surface area is 119 Å². The maximum Gasteiger partial charge on any atom is 0.265 e. The van der Waals surface area contributed by atoms with Gasteiger partial charge in [0.25, 0.3) is 5.91 Å². The van der Waals surface area contributed by atoms with Crippen molar-refractivity contribution < 1.29 is 4.79 Å². The summed E-state index contributed by atoms with van der Waals surface area (Å²) in [6, 6.07) is 17.0. The van der Waals surface area contributed by atoms with Crippen LogP contribution in [0.5, 0.6) is 0 Å². The SMILES string of the molecule is O=C(Nc1ccccc1Cl)c1cc2ccccc2s1. The van der Waals surface area contributed by atoms with Crippen LogP contribution in [0, 0.1) is 0 Å². The lowest BCUT2D eigenvalue weighted by molar-refractivity contribution is 0.103. The molecule has 1 aromatic heterocycles. The van der Waals surface area contributed by atoms with Crippen LogP contribution in [0.25, 0.3) is 10.1 Å². The van der Waals surface area contributed by atoms with Crippen LogP contribution in [0.3, 0.4) is 0 Å². The van der Waals surface area contributed by atoms with Crippen molar-refractivity contribution in [3.63, 3.8) is 0 Å². The summed E-state index contributed by atoms with van der Waals surface area (Å²) in [6.07, 6.45) is 0. The molecule has 4 heteroatoms. The van der Waals surface area contributed by atoms with Gasteiger partial charge in [0.05, 0.1) is 15.6 Å². The third kappa shape index (κ3) is 2.48. The van der Waals surface area contributed by atoms with E-state index in [2.05, 4.69) is 5.32 Å². The van der Waals surface area contributed by atoms with Crippen LogP contribution >= 0.6 is 22.9 Å². The molecule has 0 radical (unpaired) electrons. The third-order valence-corrected chi connectivity index (χ3v) is 4.22. The summed E-state index contributed by atoms with van der Waals surface area (Å²) >= 11 is 7.50. The monoisotopic (exact) mass is 287 g/mol. The number of carbonyl (C=O) groups is 1. The van der Waals surface area contributed by atoms with Crippen molar-refractivity contribution in [2.75, 3.05) is 5.32 Å².